The summed E-state index contributed by atoms with van der Waals surface area (Å²) in [6.45, 7) is 0. The van der Waals surface area contributed by atoms with Gasteiger partial charge in [0.1, 0.15) is 0 Å². The predicted octanol–water partition coefficient (Wildman–Crippen LogP) is 1.02. The van der Waals surface area contributed by atoms with Crippen LogP contribution in [0.25, 0.3) is 0 Å². The van der Waals surface area contributed by atoms with Gasteiger partial charge in [-0.05, 0) is 24.3 Å². The van der Waals surface area contributed by atoms with Crippen molar-refractivity contribution < 1.29 is 16.8 Å². The molecule has 0 spiro atoms. The molecule has 19 heavy (non-hydrogen) atoms. The van der Waals surface area contributed by atoms with E-state index in [2.05, 4.69) is 0 Å². The van der Waals surface area contributed by atoms with Gasteiger partial charge < -0.3 is 0 Å². The van der Waals surface area contributed by atoms with Crippen molar-refractivity contribution in [2.45, 2.75) is 19.6 Å². The van der Waals surface area contributed by atoms with Crippen LogP contribution >= 0.6 is 0 Å². The Morgan fingerprint density at radius 1 is 0.526 bits per heavy atom. The van der Waals surface area contributed by atoms with Crippen molar-refractivity contribution in [1.82, 2.24) is 0 Å². The van der Waals surface area contributed by atoms with Gasteiger partial charge in [-0.3, -0.25) is 0 Å². The molecule has 1 heterocycles. The summed E-state index contributed by atoms with van der Waals surface area (Å²) in [4.78, 5) is -0.597. The molecule has 7 heteroatoms. The molecule has 4 nitrogen and oxygen atoms in total. The molecule has 0 unspecified atom stereocenters. The summed E-state index contributed by atoms with van der Waals surface area (Å²) in [7, 11) is -7.50. The van der Waals surface area contributed by atoms with Crippen molar-refractivity contribution in [3.63, 3.8) is 0 Å². The normalized spacial score (nSPS) is 17.7. The van der Waals surface area contributed by atoms with Crippen LogP contribution in [-0.4, -0.2) is 46.4 Å². The Morgan fingerprint density at radius 2 is 0.737 bits per heavy atom. The van der Waals surface area contributed by atoms with Gasteiger partial charge in [-0.15, -0.1) is 0 Å². The van der Waals surface area contributed by atoms with Crippen LogP contribution in [0.1, 0.15) is 0 Å². The Hall–Kier alpha value is -0.660. The molecular formula is C12H9NaO4S2. The molecule has 0 amide bonds. The summed E-state index contributed by atoms with van der Waals surface area (Å²) in [5, 5.41) is 0. The number of hydrogen-bond donors (Lipinski definition) is 0. The second-order valence-electron chi connectivity index (χ2n) is 3.90. The van der Waals surface area contributed by atoms with Crippen LogP contribution in [0.3, 0.4) is 0 Å². The molecule has 0 saturated carbocycles. The number of hydrogen-bond acceptors (Lipinski definition) is 4. The van der Waals surface area contributed by atoms with E-state index in [0.717, 1.165) is 0 Å². The fourth-order valence-corrected chi connectivity index (χ4v) is 6.18. The van der Waals surface area contributed by atoms with E-state index in [1.807, 2.05) is 0 Å². The molecule has 0 aliphatic carbocycles. The molecular weight excluding hydrogens is 295 g/mol. The first-order valence-electron chi connectivity index (χ1n) is 5.14. The molecule has 1 aliphatic heterocycles. The van der Waals surface area contributed by atoms with Crippen molar-refractivity contribution in [1.29, 1.82) is 0 Å². The molecule has 0 atom stereocenters. The SMILES string of the molecule is O=S1(=O)c2ccccc2S(=O)(=O)c2ccccc21.[NaH]. The van der Waals surface area contributed by atoms with Crippen LogP contribution in [0, 0.1) is 0 Å². The zero-order valence-corrected chi connectivity index (χ0v) is 10.7. The molecule has 2 aromatic carbocycles. The van der Waals surface area contributed by atoms with Crippen molar-refractivity contribution >= 4 is 49.2 Å². The van der Waals surface area contributed by atoms with Gasteiger partial charge in [0.15, 0.2) is 0 Å². The van der Waals surface area contributed by atoms with Crippen LogP contribution in [0.5, 0.6) is 0 Å². The minimum atomic E-state index is -3.75. The van der Waals surface area contributed by atoms with Crippen LogP contribution in [0.2, 0.25) is 0 Å². The fourth-order valence-electron chi connectivity index (χ4n) is 2.03. The van der Waals surface area contributed by atoms with E-state index >= 15 is 0 Å². The van der Waals surface area contributed by atoms with Crippen molar-refractivity contribution in [2.24, 2.45) is 0 Å². The average molecular weight is 304 g/mol. The standard InChI is InChI=1S/C12H8O4S2.Na.H/c13-17(14)9-5-1-2-6-10(9)18(15,16)12-8-4-3-7-11(12)17;;/h1-8H;;. The third kappa shape index (κ3) is 1.98. The second-order valence-corrected chi connectivity index (χ2v) is 7.67. The first-order valence-corrected chi connectivity index (χ1v) is 8.10. The summed E-state index contributed by atoms with van der Waals surface area (Å²) in [5.41, 5.74) is 0. The zero-order valence-electron chi connectivity index (χ0n) is 9.07. The molecule has 0 aromatic heterocycles. The molecule has 3 rings (SSSR count). The molecule has 94 valence electrons. The van der Waals surface area contributed by atoms with Gasteiger partial charge in [0.25, 0.3) is 0 Å². The summed E-state index contributed by atoms with van der Waals surface area (Å²) >= 11 is 0. The third-order valence-electron chi connectivity index (χ3n) is 2.86. The molecule has 0 radical (unpaired) electrons. The van der Waals surface area contributed by atoms with Crippen LogP contribution in [0.4, 0.5) is 0 Å². The topological polar surface area (TPSA) is 68.3 Å². The van der Waals surface area contributed by atoms with Crippen molar-refractivity contribution in [3.05, 3.63) is 48.5 Å². The van der Waals surface area contributed by atoms with Crippen LogP contribution in [-0.2, 0) is 19.7 Å². The molecule has 0 bridgehead atoms. The molecule has 0 saturated heterocycles. The Labute approximate surface area is 133 Å². The zero-order chi connectivity index (χ0) is 13.0. The van der Waals surface area contributed by atoms with Crippen molar-refractivity contribution in [3.8, 4) is 0 Å². The fraction of sp³-hybridized carbons (Fsp3) is 0. The Balaban J connectivity index is 0.00000133. The van der Waals surface area contributed by atoms with E-state index in [4.69, 9.17) is 0 Å². The summed E-state index contributed by atoms with van der Waals surface area (Å²) in [6, 6.07) is 11.3. The van der Waals surface area contributed by atoms with E-state index < -0.39 is 19.7 Å². The molecule has 2 aromatic rings. The first-order chi connectivity index (χ1) is 8.45. The van der Waals surface area contributed by atoms with Gasteiger partial charge in [0.05, 0.1) is 19.6 Å². The maximum absolute atomic E-state index is 12.3. The summed E-state index contributed by atoms with van der Waals surface area (Å²) < 4.78 is 49.3. The summed E-state index contributed by atoms with van der Waals surface area (Å²) in [5.74, 6) is 0. The second kappa shape index (κ2) is 4.71. The van der Waals surface area contributed by atoms with E-state index in [0.29, 0.717) is 0 Å². The Kier molecular flexibility index (Phi) is 3.66. The van der Waals surface area contributed by atoms with Crippen LogP contribution < -0.4 is 0 Å². The van der Waals surface area contributed by atoms with Crippen LogP contribution in [0.15, 0.2) is 68.1 Å². The number of rotatable bonds is 0. The Morgan fingerprint density at radius 3 is 0.947 bits per heavy atom. The summed E-state index contributed by atoms with van der Waals surface area (Å²) in [6.07, 6.45) is 0. The predicted molar refractivity (Wildman–Crippen MR) is 70.9 cm³/mol. The van der Waals surface area contributed by atoms with E-state index in [-0.39, 0.29) is 49.1 Å². The van der Waals surface area contributed by atoms with Gasteiger partial charge in [0, 0.05) is 0 Å². The molecule has 1 aliphatic rings. The van der Waals surface area contributed by atoms with Gasteiger partial charge in [-0.25, -0.2) is 16.8 Å². The van der Waals surface area contributed by atoms with Gasteiger partial charge in [-0.1, -0.05) is 24.3 Å². The molecule has 0 fully saturated rings. The maximum atomic E-state index is 12.3. The molecule has 0 N–H and O–H groups in total. The van der Waals surface area contributed by atoms with Gasteiger partial charge in [0.2, 0.25) is 19.7 Å². The monoisotopic (exact) mass is 304 g/mol. The first kappa shape index (κ1) is 14.7. The van der Waals surface area contributed by atoms with E-state index in [1.165, 1.54) is 48.5 Å². The van der Waals surface area contributed by atoms with Crippen molar-refractivity contribution in [2.75, 3.05) is 0 Å². The van der Waals surface area contributed by atoms with Gasteiger partial charge >= 0.3 is 29.6 Å². The average Bonchev–Trinajstić information content (AvgIpc) is 2.37. The number of benzene rings is 2. The van der Waals surface area contributed by atoms with E-state index in [9.17, 15) is 16.8 Å². The van der Waals surface area contributed by atoms with E-state index in [1.54, 1.807) is 0 Å². The Bertz CT molecular complexity index is 723. The minimum absolute atomic E-state index is 0. The third-order valence-corrected chi connectivity index (χ3v) is 6.85. The quantitative estimate of drug-likeness (QED) is 0.581. The van der Waals surface area contributed by atoms with Gasteiger partial charge in [-0.2, -0.15) is 0 Å². The number of sulfone groups is 2. The number of fused-ring (bicyclic) bond motifs is 2.